The van der Waals surface area contributed by atoms with E-state index in [1.165, 1.54) is 6.42 Å². The predicted octanol–water partition coefficient (Wildman–Crippen LogP) is 0.732. The molecule has 0 aliphatic carbocycles. The van der Waals surface area contributed by atoms with Crippen LogP contribution in [-0.4, -0.2) is 53.7 Å². The third-order valence-electron chi connectivity index (χ3n) is 3.21. The quantitative estimate of drug-likeness (QED) is 0.838. The number of aromatic nitrogens is 2. The molecule has 1 fully saturated rings. The molecule has 0 saturated carbocycles. The van der Waals surface area contributed by atoms with Gasteiger partial charge in [0, 0.05) is 19.1 Å². The van der Waals surface area contributed by atoms with Gasteiger partial charge in [-0.25, -0.2) is 0 Å². The molecule has 2 rings (SSSR count). The van der Waals surface area contributed by atoms with Crippen LogP contribution >= 0.6 is 0 Å². The summed E-state index contributed by atoms with van der Waals surface area (Å²) in [7, 11) is 2.12. The second-order valence-electron chi connectivity index (χ2n) is 4.91. The number of nitrogens with one attached hydrogen (secondary N) is 2. The molecule has 104 valence electrons. The predicted molar refractivity (Wildman–Crippen MR) is 74.2 cm³/mol. The van der Waals surface area contributed by atoms with E-state index in [-0.39, 0.29) is 5.91 Å². The van der Waals surface area contributed by atoms with Gasteiger partial charge >= 0.3 is 0 Å². The van der Waals surface area contributed by atoms with Crippen molar-refractivity contribution in [1.29, 1.82) is 0 Å². The van der Waals surface area contributed by atoms with Crippen LogP contribution in [0.25, 0.3) is 0 Å². The Hall–Kier alpha value is -1.69. The molecule has 0 spiro atoms. The molecule has 19 heavy (non-hydrogen) atoms. The minimum Gasteiger partial charge on any atom is -0.365 e. The minimum atomic E-state index is -0.182. The summed E-state index contributed by atoms with van der Waals surface area (Å²) < 4.78 is 0. The van der Waals surface area contributed by atoms with E-state index < -0.39 is 0 Å². The van der Waals surface area contributed by atoms with Gasteiger partial charge in [-0.1, -0.05) is 0 Å². The van der Waals surface area contributed by atoms with E-state index in [1.807, 2.05) is 13.0 Å². The largest absolute Gasteiger partial charge is 0.365 e. The third-order valence-corrected chi connectivity index (χ3v) is 3.21. The van der Waals surface area contributed by atoms with Crippen molar-refractivity contribution in [1.82, 2.24) is 20.4 Å². The summed E-state index contributed by atoms with van der Waals surface area (Å²) in [5, 5.41) is 14.1. The van der Waals surface area contributed by atoms with Gasteiger partial charge in [-0.3, -0.25) is 4.79 Å². The number of rotatable bonds is 4. The van der Waals surface area contributed by atoms with Crippen molar-refractivity contribution < 1.29 is 4.79 Å². The van der Waals surface area contributed by atoms with Crippen LogP contribution < -0.4 is 10.6 Å². The molecule has 1 aliphatic heterocycles. The van der Waals surface area contributed by atoms with Gasteiger partial charge in [0.15, 0.2) is 5.69 Å². The maximum absolute atomic E-state index is 11.5. The molecule has 1 aliphatic rings. The SMILES string of the molecule is CCNC(=O)c1ccc(NC2CCCN(C)C2)nn1. The van der Waals surface area contributed by atoms with Crippen LogP contribution in [-0.2, 0) is 0 Å². The maximum Gasteiger partial charge on any atom is 0.271 e. The van der Waals surface area contributed by atoms with Crippen molar-refractivity contribution in [2.75, 3.05) is 32.0 Å². The van der Waals surface area contributed by atoms with Crippen molar-refractivity contribution in [3.8, 4) is 0 Å². The normalized spacial score (nSPS) is 20.0. The lowest BCUT2D eigenvalue weighted by Crippen LogP contribution is -2.40. The molecular weight excluding hydrogens is 242 g/mol. The fraction of sp³-hybridized carbons (Fsp3) is 0.615. The lowest BCUT2D eigenvalue weighted by Gasteiger charge is -2.30. The molecule has 1 aromatic rings. The van der Waals surface area contributed by atoms with Crippen LogP contribution in [0.4, 0.5) is 5.82 Å². The molecule has 1 unspecified atom stereocenters. The van der Waals surface area contributed by atoms with Crippen molar-refractivity contribution in [3.63, 3.8) is 0 Å². The van der Waals surface area contributed by atoms with E-state index in [0.29, 0.717) is 18.3 Å². The molecule has 0 radical (unpaired) electrons. The molecule has 1 aromatic heterocycles. The minimum absolute atomic E-state index is 0.182. The first-order chi connectivity index (χ1) is 9.19. The summed E-state index contributed by atoms with van der Waals surface area (Å²) >= 11 is 0. The highest BCUT2D eigenvalue weighted by molar-refractivity contribution is 5.92. The van der Waals surface area contributed by atoms with Gasteiger partial charge in [-0.2, -0.15) is 0 Å². The summed E-state index contributed by atoms with van der Waals surface area (Å²) in [6.45, 7) is 4.63. The zero-order valence-corrected chi connectivity index (χ0v) is 11.5. The topological polar surface area (TPSA) is 70.2 Å². The first-order valence-corrected chi connectivity index (χ1v) is 6.76. The van der Waals surface area contributed by atoms with Gasteiger partial charge in [0.2, 0.25) is 0 Å². The van der Waals surface area contributed by atoms with Crippen LogP contribution in [0.5, 0.6) is 0 Å². The molecule has 2 N–H and O–H groups in total. The third kappa shape index (κ3) is 3.89. The van der Waals surface area contributed by atoms with Gasteiger partial charge in [-0.05, 0) is 45.5 Å². The monoisotopic (exact) mass is 263 g/mol. The zero-order chi connectivity index (χ0) is 13.7. The lowest BCUT2D eigenvalue weighted by molar-refractivity contribution is 0.0950. The van der Waals surface area contributed by atoms with Gasteiger partial charge < -0.3 is 15.5 Å². The number of amides is 1. The summed E-state index contributed by atoms with van der Waals surface area (Å²) in [5.41, 5.74) is 0.355. The number of piperidine rings is 1. The Labute approximate surface area is 113 Å². The van der Waals surface area contributed by atoms with Gasteiger partial charge in [0.25, 0.3) is 5.91 Å². The summed E-state index contributed by atoms with van der Waals surface area (Å²) in [5.74, 6) is 0.548. The van der Waals surface area contributed by atoms with Gasteiger partial charge in [0.1, 0.15) is 5.82 Å². The Morgan fingerprint density at radius 3 is 2.95 bits per heavy atom. The van der Waals surface area contributed by atoms with Crippen LogP contribution in [0.1, 0.15) is 30.3 Å². The van der Waals surface area contributed by atoms with Crippen molar-refractivity contribution in [3.05, 3.63) is 17.8 Å². The Balaban J connectivity index is 1.93. The average Bonchev–Trinajstić information content (AvgIpc) is 2.40. The highest BCUT2D eigenvalue weighted by atomic mass is 16.1. The number of likely N-dealkylation sites (N-methyl/N-ethyl adjacent to an activating group) is 1. The molecular formula is C13H21N5O. The molecule has 0 aromatic carbocycles. The molecule has 2 heterocycles. The first kappa shape index (κ1) is 13.7. The highest BCUT2D eigenvalue weighted by Crippen LogP contribution is 2.13. The summed E-state index contributed by atoms with van der Waals surface area (Å²) in [4.78, 5) is 13.9. The Morgan fingerprint density at radius 1 is 1.47 bits per heavy atom. The van der Waals surface area contributed by atoms with E-state index in [2.05, 4.69) is 32.8 Å². The average molecular weight is 263 g/mol. The van der Waals surface area contributed by atoms with E-state index in [9.17, 15) is 4.79 Å². The summed E-state index contributed by atoms with van der Waals surface area (Å²) in [6, 6.07) is 3.92. The fourth-order valence-corrected chi connectivity index (χ4v) is 2.27. The molecule has 1 saturated heterocycles. The summed E-state index contributed by atoms with van der Waals surface area (Å²) in [6.07, 6.45) is 2.34. The lowest BCUT2D eigenvalue weighted by atomic mass is 10.1. The van der Waals surface area contributed by atoms with E-state index >= 15 is 0 Å². The number of carbonyl (C=O) groups is 1. The van der Waals surface area contributed by atoms with Crippen LogP contribution in [0, 0.1) is 0 Å². The van der Waals surface area contributed by atoms with Crippen LogP contribution in [0.15, 0.2) is 12.1 Å². The second-order valence-corrected chi connectivity index (χ2v) is 4.91. The highest BCUT2D eigenvalue weighted by Gasteiger charge is 2.17. The number of likely N-dealkylation sites (tertiary alicyclic amines) is 1. The first-order valence-electron chi connectivity index (χ1n) is 6.76. The fourth-order valence-electron chi connectivity index (χ4n) is 2.27. The molecule has 6 nitrogen and oxygen atoms in total. The number of hydrogen-bond donors (Lipinski definition) is 2. The van der Waals surface area contributed by atoms with Crippen molar-refractivity contribution in [2.45, 2.75) is 25.8 Å². The van der Waals surface area contributed by atoms with E-state index in [4.69, 9.17) is 0 Å². The number of anilines is 1. The molecule has 0 bridgehead atoms. The van der Waals surface area contributed by atoms with Crippen LogP contribution in [0.2, 0.25) is 0 Å². The number of nitrogens with zero attached hydrogens (tertiary/aromatic N) is 3. The number of hydrogen-bond acceptors (Lipinski definition) is 5. The molecule has 1 amide bonds. The van der Waals surface area contributed by atoms with Gasteiger partial charge in [-0.15, -0.1) is 10.2 Å². The standard InChI is InChI=1S/C13H21N5O/c1-3-14-13(19)11-6-7-12(17-16-11)15-10-5-4-8-18(2)9-10/h6-7,10H,3-5,8-9H2,1-2H3,(H,14,19)(H,15,17). The van der Waals surface area contributed by atoms with Crippen LogP contribution in [0.3, 0.4) is 0 Å². The maximum atomic E-state index is 11.5. The Kier molecular flexibility index (Phi) is 4.68. The van der Waals surface area contributed by atoms with E-state index in [0.717, 1.165) is 25.3 Å². The number of carbonyl (C=O) groups excluding carboxylic acids is 1. The molecule has 1 atom stereocenters. The van der Waals surface area contributed by atoms with Crippen molar-refractivity contribution >= 4 is 11.7 Å². The Bertz CT molecular complexity index is 420. The molecule has 6 heteroatoms. The smallest absolute Gasteiger partial charge is 0.271 e. The zero-order valence-electron chi connectivity index (χ0n) is 11.5. The van der Waals surface area contributed by atoms with Crippen molar-refractivity contribution in [2.24, 2.45) is 0 Å². The Morgan fingerprint density at radius 2 is 2.32 bits per heavy atom. The second kappa shape index (κ2) is 6.47. The van der Waals surface area contributed by atoms with E-state index in [1.54, 1.807) is 6.07 Å². The van der Waals surface area contributed by atoms with Gasteiger partial charge in [0.05, 0.1) is 0 Å².